The van der Waals surface area contributed by atoms with E-state index in [1.54, 1.807) is 41.8 Å². The quantitative estimate of drug-likeness (QED) is 0.645. The van der Waals surface area contributed by atoms with Crippen molar-refractivity contribution in [2.75, 3.05) is 6.54 Å². The molecule has 3 aromatic rings. The van der Waals surface area contributed by atoms with Gasteiger partial charge in [-0.2, -0.15) is 5.10 Å². The van der Waals surface area contributed by atoms with Gasteiger partial charge in [0.25, 0.3) is 5.91 Å². The molecule has 0 fully saturated rings. The minimum atomic E-state index is -1.19. The number of nitrogens with one attached hydrogen (secondary N) is 2. The lowest BCUT2D eigenvalue weighted by atomic mass is 10.0. The Bertz CT molecular complexity index is 995. The molecule has 0 radical (unpaired) electrons. The minimum Gasteiger partial charge on any atom is -0.480 e. The van der Waals surface area contributed by atoms with Crippen molar-refractivity contribution >= 4 is 29.9 Å². The van der Waals surface area contributed by atoms with Gasteiger partial charge in [-0.15, -0.1) is 12.4 Å². The van der Waals surface area contributed by atoms with Crippen molar-refractivity contribution in [3.63, 3.8) is 0 Å². The SMILES string of the molecule is Cc1n[nH]c2c(C(=O)NCC(=O)O)c(=O)c(-c3ccccc3)cn12.Cl. The Hall–Kier alpha value is -3.13. The topological polar surface area (TPSA) is 117 Å². The lowest BCUT2D eigenvalue weighted by Crippen LogP contribution is -2.33. The third-order valence-electron chi connectivity index (χ3n) is 3.59. The molecular weight excluding hydrogens is 348 g/mol. The third kappa shape index (κ3) is 3.38. The first-order valence-corrected chi connectivity index (χ1v) is 7.15. The summed E-state index contributed by atoms with van der Waals surface area (Å²) in [7, 11) is 0. The number of aliphatic carboxylic acids is 1. The molecule has 0 spiro atoms. The zero-order valence-corrected chi connectivity index (χ0v) is 14.0. The molecule has 8 nitrogen and oxygen atoms in total. The number of nitrogens with zero attached hydrogens (tertiary/aromatic N) is 2. The Morgan fingerprint density at radius 2 is 1.96 bits per heavy atom. The van der Waals surface area contributed by atoms with E-state index in [-0.39, 0.29) is 23.6 Å². The average Bonchev–Trinajstić information content (AvgIpc) is 2.93. The minimum absolute atomic E-state index is 0. The van der Waals surface area contributed by atoms with Gasteiger partial charge in [-0.3, -0.25) is 23.9 Å². The number of rotatable bonds is 4. The number of H-pyrrole nitrogens is 1. The maximum absolute atomic E-state index is 12.8. The molecular formula is C16H15ClN4O4. The van der Waals surface area contributed by atoms with Crippen molar-refractivity contribution in [3.8, 4) is 11.1 Å². The van der Waals surface area contributed by atoms with Crippen LogP contribution in [0.25, 0.3) is 16.8 Å². The zero-order valence-electron chi connectivity index (χ0n) is 13.1. The van der Waals surface area contributed by atoms with Crippen molar-refractivity contribution in [1.82, 2.24) is 19.9 Å². The summed E-state index contributed by atoms with van der Waals surface area (Å²) < 4.78 is 1.60. The van der Waals surface area contributed by atoms with Crippen molar-refractivity contribution in [2.24, 2.45) is 0 Å². The fourth-order valence-electron chi connectivity index (χ4n) is 2.45. The molecule has 3 N–H and O–H groups in total. The van der Waals surface area contributed by atoms with E-state index in [2.05, 4.69) is 15.5 Å². The Morgan fingerprint density at radius 1 is 1.28 bits per heavy atom. The van der Waals surface area contributed by atoms with Crippen LogP contribution in [0, 0.1) is 6.92 Å². The molecule has 0 aliphatic heterocycles. The first-order chi connectivity index (χ1) is 11.5. The summed E-state index contributed by atoms with van der Waals surface area (Å²) >= 11 is 0. The van der Waals surface area contributed by atoms with Crippen molar-refractivity contribution in [3.05, 3.63) is 58.1 Å². The fourth-order valence-corrected chi connectivity index (χ4v) is 2.45. The van der Waals surface area contributed by atoms with Crippen molar-refractivity contribution in [1.29, 1.82) is 0 Å². The molecule has 25 heavy (non-hydrogen) atoms. The summed E-state index contributed by atoms with van der Waals surface area (Å²) in [6.45, 7) is 1.15. The van der Waals surface area contributed by atoms with Gasteiger partial charge >= 0.3 is 5.97 Å². The number of amides is 1. The fraction of sp³-hybridized carbons (Fsp3) is 0.125. The van der Waals surface area contributed by atoms with Gasteiger partial charge in [0.05, 0.1) is 0 Å². The molecule has 0 saturated carbocycles. The van der Waals surface area contributed by atoms with Crippen LogP contribution in [-0.4, -0.2) is 38.1 Å². The standard InChI is InChI=1S/C16H14N4O4.ClH/c1-9-18-19-15-13(16(24)17-7-12(21)22)14(23)11(8-20(9)15)10-5-3-2-4-6-10;/h2-6,8,19H,7H2,1H3,(H,17,24)(H,21,22);1H. The van der Waals surface area contributed by atoms with Crippen LogP contribution < -0.4 is 10.7 Å². The highest BCUT2D eigenvalue weighted by molar-refractivity contribution is 6.01. The summed E-state index contributed by atoms with van der Waals surface area (Å²) in [6.07, 6.45) is 1.61. The Labute approximate surface area is 147 Å². The molecule has 0 unspecified atom stereocenters. The van der Waals surface area contributed by atoms with E-state index in [4.69, 9.17) is 5.11 Å². The van der Waals surface area contributed by atoms with Crippen LogP contribution in [0.2, 0.25) is 0 Å². The lowest BCUT2D eigenvalue weighted by molar-refractivity contribution is -0.135. The van der Waals surface area contributed by atoms with Gasteiger partial charge < -0.3 is 10.4 Å². The van der Waals surface area contributed by atoms with E-state index in [0.717, 1.165) is 0 Å². The normalized spacial score (nSPS) is 10.3. The number of fused-ring (bicyclic) bond motifs is 1. The van der Waals surface area contributed by atoms with E-state index in [1.165, 1.54) is 0 Å². The van der Waals surface area contributed by atoms with Gasteiger partial charge in [0.15, 0.2) is 0 Å². The van der Waals surface area contributed by atoms with Gasteiger partial charge in [-0.25, -0.2) is 0 Å². The second-order valence-electron chi connectivity index (χ2n) is 5.18. The van der Waals surface area contributed by atoms with Crippen LogP contribution in [0.3, 0.4) is 0 Å². The molecule has 0 saturated heterocycles. The summed E-state index contributed by atoms with van der Waals surface area (Å²) in [4.78, 5) is 35.8. The average molecular weight is 363 g/mol. The third-order valence-corrected chi connectivity index (χ3v) is 3.59. The number of pyridine rings is 1. The zero-order chi connectivity index (χ0) is 17.3. The maximum Gasteiger partial charge on any atom is 0.322 e. The molecule has 1 aromatic carbocycles. The first kappa shape index (κ1) is 18.2. The lowest BCUT2D eigenvalue weighted by Gasteiger charge is -2.08. The highest BCUT2D eigenvalue weighted by Crippen LogP contribution is 2.18. The maximum atomic E-state index is 12.8. The summed E-state index contributed by atoms with van der Waals surface area (Å²) in [5, 5.41) is 17.6. The van der Waals surface area contributed by atoms with Gasteiger partial charge in [0.2, 0.25) is 5.43 Å². The molecule has 9 heteroatoms. The number of aromatic amines is 1. The van der Waals surface area contributed by atoms with E-state index in [0.29, 0.717) is 17.0 Å². The molecule has 2 heterocycles. The molecule has 0 bridgehead atoms. The second kappa shape index (κ2) is 7.18. The predicted molar refractivity (Wildman–Crippen MR) is 93.2 cm³/mol. The molecule has 1 amide bonds. The van der Waals surface area contributed by atoms with E-state index >= 15 is 0 Å². The molecule has 0 aliphatic carbocycles. The highest BCUT2D eigenvalue weighted by atomic mass is 35.5. The van der Waals surface area contributed by atoms with Gasteiger partial charge in [-0.1, -0.05) is 30.3 Å². The largest absolute Gasteiger partial charge is 0.480 e. The highest BCUT2D eigenvalue weighted by Gasteiger charge is 2.21. The summed E-state index contributed by atoms with van der Waals surface area (Å²) in [5.41, 5.74) is 0.550. The Kier molecular flexibility index (Phi) is 5.23. The van der Waals surface area contributed by atoms with Crippen LogP contribution >= 0.6 is 12.4 Å². The Balaban J connectivity index is 0.00000225. The smallest absolute Gasteiger partial charge is 0.322 e. The summed E-state index contributed by atoms with van der Waals surface area (Å²) in [5.74, 6) is -1.39. The van der Waals surface area contributed by atoms with Crippen LogP contribution in [0.4, 0.5) is 0 Å². The number of carbonyl (C=O) groups excluding carboxylic acids is 1. The van der Waals surface area contributed by atoms with Crippen LogP contribution in [0.5, 0.6) is 0 Å². The number of carboxylic acids is 1. The van der Waals surface area contributed by atoms with E-state index < -0.39 is 23.9 Å². The van der Waals surface area contributed by atoms with Crippen molar-refractivity contribution in [2.45, 2.75) is 6.92 Å². The number of benzene rings is 1. The molecule has 0 aliphatic rings. The molecule has 0 atom stereocenters. The predicted octanol–water partition coefficient (Wildman–Crippen LogP) is 1.23. The molecule has 3 rings (SSSR count). The van der Waals surface area contributed by atoms with Crippen LogP contribution in [0.1, 0.15) is 16.2 Å². The number of aromatic nitrogens is 3. The van der Waals surface area contributed by atoms with Gasteiger partial charge in [0, 0.05) is 11.8 Å². The number of carbonyl (C=O) groups is 2. The molecule has 130 valence electrons. The summed E-state index contributed by atoms with van der Waals surface area (Å²) in [6, 6.07) is 8.92. The molecule has 2 aromatic heterocycles. The first-order valence-electron chi connectivity index (χ1n) is 7.15. The van der Waals surface area contributed by atoms with Gasteiger partial charge in [0.1, 0.15) is 23.6 Å². The second-order valence-corrected chi connectivity index (χ2v) is 5.18. The van der Waals surface area contributed by atoms with Crippen molar-refractivity contribution < 1.29 is 14.7 Å². The van der Waals surface area contributed by atoms with E-state index in [9.17, 15) is 14.4 Å². The number of carboxylic acid groups (broad SMARTS) is 1. The Morgan fingerprint density at radius 3 is 2.60 bits per heavy atom. The number of hydrogen-bond acceptors (Lipinski definition) is 4. The number of aryl methyl sites for hydroxylation is 1. The van der Waals surface area contributed by atoms with Crippen LogP contribution in [-0.2, 0) is 4.79 Å². The number of hydrogen-bond donors (Lipinski definition) is 3. The number of halogens is 1. The van der Waals surface area contributed by atoms with Gasteiger partial charge in [-0.05, 0) is 12.5 Å². The van der Waals surface area contributed by atoms with E-state index in [1.807, 2.05) is 6.07 Å². The van der Waals surface area contributed by atoms with Crippen LogP contribution in [0.15, 0.2) is 41.3 Å². The monoisotopic (exact) mass is 362 g/mol.